The molecule has 2 aliphatic rings. The van der Waals surface area contributed by atoms with E-state index in [9.17, 15) is 14.4 Å². The van der Waals surface area contributed by atoms with Crippen LogP contribution in [0.2, 0.25) is 0 Å². The van der Waals surface area contributed by atoms with Gasteiger partial charge in [0.15, 0.2) is 0 Å². The molecule has 2 saturated heterocycles. The second-order valence-electron chi connectivity index (χ2n) is 10.5. The number of carbonyl (C=O) groups excluding carboxylic acids is 3. The van der Waals surface area contributed by atoms with Crippen LogP contribution < -0.4 is 5.32 Å². The number of nitrogens with zero attached hydrogens (tertiary/aromatic N) is 4. The van der Waals surface area contributed by atoms with E-state index < -0.39 is 12.2 Å². The summed E-state index contributed by atoms with van der Waals surface area (Å²) in [7, 11) is 1.75. The van der Waals surface area contributed by atoms with E-state index >= 15 is 0 Å². The van der Waals surface area contributed by atoms with Crippen molar-refractivity contribution in [1.29, 1.82) is 0 Å². The Balaban J connectivity index is 1.35. The third-order valence-corrected chi connectivity index (χ3v) is 7.69. The second kappa shape index (κ2) is 12.8. The molecule has 8 heteroatoms. The molecule has 5 rings (SSSR count). The van der Waals surface area contributed by atoms with Crippen molar-refractivity contribution in [3.63, 3.8) is 0 Å². The number of benzene rings is 3. The molecule has 3 aromatic carbocycles. The minimum absolute atomic E-state index is 0.0326. The number of likely N-dealkylation sites (N-methyl/N-ethyl adjacent to an activating group) is 1. The molecule has 0 bridgehead atoms. The van der Waals surface area contributed by atoms with Crippen LogP contribution in [0.5, 0.6) is 0 Å². The van der Waals surface area contributed by atoms with Gasteiger partial charge in [-0.15, -0.1) is 0 Å². The Kier molecular flexibility index (Phi) is 8.76. The molecule has 1 N–H and O–H groups in total. The fourth-order valence-electron chi connectivity index (χ4n) is 5.67. The zero-order chi connectivity index (χ0) is 27.9. The highest BCUT2D eigenvalue weighted by Gasteiger charge is 2.50. The van der Waals surface area contributed by atoms with Crippen molar-refractivity contribution in [2.75, 3.05) is 26.7 Å². The smallest absolute Gasteiger partial charge is 0.334 e. The van der Waals surface area contributed by atoms with Gasteiger partial charge in [0.25, 0.3) is 0 Å². The molecular weight excluding hydrogens is 502 g/mol. The molecule has 2 aliphatic heterocycles. The number of fused-ring (bicyclic) bond motifs is 1. The molecule has 8 nitrogen and oxygen atoms in total. The quantitative estimate of drug-likeness (QED) is 0.421. The van der Waals surface area contributed by atoms with Gasteiger partial charge < -0.3 is 15.1 Å². The van der Waals surface area contributed by atoms with Crippen LogP contribution in [0.1, 0.15) is 29.5 Å². The molecule has 2 fully saturated rings. The van der Waals surface area contributed by atoms with Crippen LogP contribution in [0.25, 0.3) is 0 Å². The van der Waals surface area contributed by atoms with Crippen molar-refractivity contribution in [3.05, 3.63) is 108 Å². The first-order valence-electron chi connectivity index (χ1n) is 14.0. The lowest BCUT2D eigenvalue weighted by atomic mass is 9.98. The molecule has 0 saturated carbocycles. The van der Waals surface area contributed by atoms with Crippen LogP contribution in [-0.4, -0.2) is 76.6 Å². The molecule has 2 atom stereocenters. The molecule has 0 unspecified atom stereocenters. The third kappa shape index (κ3) is 6.34. The molecule has 0 radical (unpaired) electrons. The van der Waals surface area contributed by atoms with Crippen LogP contribution in [0.4, 0.5) is 4.79 Å². The van der Waals surface area contributed by atoms with Crippen molar-refractivity contribution in [1.82, 2.24) is 25.1 Å². The number of unbranched alkanes of at least 4 members (excludes halogenated alkanes) is 1. The molecular formula is C32H37N5O3. The number of carbonyl (C=O) groups is 3. The van der Waals surface area contributed by atoms with E-state index in [1.807, 2.05) is 83.8 Å². The van der Waals surface area contributed by atoms with E-state index in [4.69, 9.17) is 0 Å². The average molecular weight is 540 g/mol. The Labute approximate surface area is 236 Å². The molecule has 4 amide bonds. The first-order chi connectivity index (χ1) is 19.5. The fraction of sp³-hybridized carbons (Fsp3) is 0.344. The van der Waals surface area contributed by atoms with E-state index in [-0.39, 0.29) is 30.9 Å². The summed E-state index contributed by atoms with van der Waals surface area (Å²) in [6, 6.07) is 28.9. The zero-order valence-corrected chi connectivity index (χ0v) is 23.0. The van der Waals surface area contributed by atoms with Gasteiger partial charge in [-0.25, -0.2) is 14.8 Å². The second-order valence-corrected chi connectivity index (χ2v) is 10.5. The first-order valence-corrected chi connectivity index (χ1v) is 14.0. The Bertz CT molecular complexity index is 1290. The molecule has 0 aromatic heterocycles. The highest BCUT2D eigenvalue weighted by molar-refractivity contribution is 5.91. The van der Waals surface area contributed by atoms with Crippen LogP contribution in [0.3, 0.4) is 0 Å². The van der Waals surface area contributed by atoms with Crippen molar-refractivity contribution in [2.24, 2.45) is 0 Å². The maximum Gasteiger partial charge on any atom is 0.334 e. The van der Waals surface area contributed by atoms with Gasteiger partial charge >= 0.3 is 6.03 Å². The number of piperazine rings is 1. The number of hydrogen-bond donors (Lipinski definition) is 1. The lowest BCUT2D eigenvalue weighted by molar-refractivity contribution is -0.186. The van der Waals surface area contributed by atoms with Crippen LogP contribution in [0.15, 0.2) is 91.0 Å². The van der Waals surface area contributed by atoms with Crippen molar-refractivity contribution >= 4 is 17.8 Å². The monoisotopic (exact) mass is 539 g/mol. The number of nitrogens with one attached hydrogen (secondary N) is 1. The summed E-state index contributed by atoms with van der Waals surface area (Å²) < 4.78 is 0. The SMILES string of the molecule is CN1CC(=O)N2[C@@H](Cc3ccccc3)C(=O)N(CCCCc3ccccc3)C[C@@H]2N1C(=O)NCc1ccccc1. The normalized spacial score (nSPS) is 19.5. The van der Waals surface area contributed by atoms with Gasteiger partial charge in [-0.3, -0.25) is 9.59 Å². The summed E-state index contributed by atoms with van der Waals surface area (Å²) in [5, 5.41) is 6.30. The van der Waals surface area contributed by atoms with Gasteiger partial charge in [0.05, 0.1) is 13.1 Å². The van der Waals surface area contributed by atoms with E-state index in [1.165, 1.54) is 5.56 Å². The topological polar surface area (TPSA) is 76.2 Å². The van der Waals surface area contributed by atoms with Crippen LogP contribution in [-0.2, 0) is 29.0 Å². The van der Waals surface area contributed by atoms with Gasteiger partial charge in [0.2, 0.25) is 11.8 Å². The number of hydrogen-bond acceptors (Lipinski definition) is 4. The number of aryl methyl sites for hydroxylation is 1. The minimum Gasteiger partial charge on any atom is -0.337 e. The first kappa shape index (κ1) is 27.4. The zero-order valence-electron chi connectivity index (χ0n) is 23.0. The maximum atomic E-state index is 13.9. The molecule has 3 aromatic rings. The standard InChI is InChI=1S/C32H37N5O3/c1-34-24-30(38)36-28(21-26-16-7-3-8-17-26)31(39)35(20-12-11-15-25-13-5-2-6-14-25)23-29(36)37(34)32(40)33-22-27-18-9-4-10-19-27/h2-10,13-14,16-19,28-29H,11-12,15,20-24H2,1H3,(H,33,40)/t28-,29-/m0/s1. The molecule has 208 valence electrons. The van der Waals surface area contributed by atoms with Gasteiger partial charge in [0, 0.05) is 26.6 Å². The number of amides is 4. The Hall–Kier alpha value is -4.17. The van der Waals surface area contributed by atoms with Crippen molar-refractivity contribution in [2.45, 2.75) is 44.4 Å². The lowest BCUT2D eigenvalue weighted by Gasteiger charge is -2.54. The molecule has 2 heterocycles. The van der Waals surface area contributed by atoms with Gasteiger partial charge in [-0.1, -0.05) is 91.0 Å². The summed E-state index contributed by atoms with van der Waals surface area (Å²) in [6.45, 7) is 1.27. The largest absolute Gasteiger partial charge is 0.337 e. The highest BCUT2D eigenvalue weighted by Crippen LogP contribution is 2.28. The summed E-state index contributed by atoms with van der Waals surface area (Å²) in [5.41, 5.74) is 3.25. The van der Waals surface area contributed by atoms with Crippen LogP contribution >= 0.6 is 0 Å². The van der Waals surface area contributed by atoms with E-state index in [0.717, 1.165) is 30.4 Å². The number of urea groups is 1. The molecule has 40 heavy (non-hydrogen) atoms. The van der Waals surface area contributed by atoms with Gasteiger partial charge in [-0.2, -0.15) is 0 Å². The van der Waals surface area contributed by atoms with E-state index in [0.29, 0.717) is 19.5 Å². The number of rotatable bonds is 9. The predicted molar refractivity (Wildman–Crippen MR) is 154 cm³/mol. The van der Waals surface area contributed by atoms with Gasteiger partial charge in [0.1, 0.15) is 12.2 Å². The summed E-state index contributed by atoms with van der Waals surface area (Å²) in [4.78, 5) is 44.3. The lowest BCUT2D eigenvalue weighted by Crippen LogP contribution is -2.76. The maximum absolute atomic E-state index is 13.9. The molecule has 0 aliphatic carbocycles. The minimum atomic E-state index is -0.666. The van der Waals surface area contributed by atoms with Gasteiger partial charge in [-0.05, 0) is 36.0 Å². The Morgan fingerprint density at radius 1 is 0.825 bits per heavy atom. The van der Waals surface area contributed by atoms with Crippen LogP contribution in [0, 0.1) is 0 Å². The Morgan fingerprint density at radius 3 is 2.08 bits per heavy atom. The highest BCUT2D eigenvalue weighted by atomic mass is 16.2. The molecule has 0 spiro atoms. The summed E-state index contributed by atoms with van der Waals surface area (Å²) in [6.07, 6.45) is 2.57. The third-order valence-electron chi connectivity index (χ3n) is 7.69. The fourth-order valence-corrected chi connectivity index (χ4v) is 5.67. The van der Waals surface area contributed by atoms with E-state index in [1.54, 1.807) is 22.0 Å². The van der Waals surface area contributed by atoms with Crippen molar-refractivity contribution in [3.8, 4) is 0 Å². The van der Waals surface area contributed by atoms with E-state index in [2.05, 4.69) is 17.4 Å². The summed E-state index contributed by atoms with van der Waals surface area (Å²) in [5.74, 6) is -0.194. The summed E-state index contributed by atoms with van der Waals surface area (Å²) >= 11 is 0. The Morgan fingerprint density at radius 2 is 1.43 bits per heavy atom. The van der Waals surface area contributed by atoms with Crippen molar-refractivity contribution < 1.29 is 14.4 Å². The average Bonchev–Trinajstić information content (AvgIpc) is 2.97. The number of hydrazine groups is 1. The predicted octanol–water partition coefficient (Wildman–Crippen LogP) is 3.69.